The van der Waals surface area contributed by atoms with Crippen LogP contribution in [0.4, 0.5) is 10.5 Å². The van der Waals surface area contributed by atoms with Gasteiger partial charge < -0.3 is 10.2 Å². The predicted molar refractivity (Wildman–Crippen MR) is 107 cm³/mol. The molecule has 28 heavy (non-hydrogen) atoms. The van der Waals surface area contributed by atoms with Gasteiger partial charge in [-0.2, -0.15) is 0 Å². The topological polar surface area (TPSA) is 81.8 Å². The molecule has 146 valence electrons. The van der Waals surface area contributed by atoms with E-state index in [0.717, 1.165) is 6.42 Å². The average molecular weight is 380 g/mol. The maximum atomic E-state index is 12.6. The Kier molecular flexibility index (Phi) is 6.75. The molecule has 0 radical (unpaired) electrons. The quantitative estimate of drug-likeness (QED) is 0.852. The highest BCUT2D eigenvalue weighted by molar-refractivity contribution is 6.01. The molecule has 7 nitrogen and oxygen atoms in total. The first kappa shape index (κ1) is 19.6. The number of carbonyl (C=O) groups excluding carboxylic acids is 3. The molecule has 2 N–H and O–H groups in total. The second-order valence-electron chi connectivity index (χ2n) is 6.66. The van der Waals surface area contributed by atoms with E-state index in [1.165, 1.54) is 0 Å². The lowest BCUT2D eigenvalue weighted by molar-refractivity contribution is -0.121. The third kappa shape index (κ3) is 5.65. The first-order valence-corrected chi connectivity index (χ1v) is 9.34. The number of para-hydroxylation sites is 1. The smallest absolute Gasteiger partial charge is 0.325 e. The Balaban J connectivity index is 1.46. The molecule has 1 saturated heterocycles. The van der Waals surface area contributed by atoms with Crippen LogP contribution in [0.15, 0.2) is 60.7 Å². The lowest BCUT2D eigenvalue weighted by Gasteiger charge is -2.21. The molecule has 1 aliphatic rings. The van der Waals surface area contributed by atoms with Gasteiger partial charge in [-0.05, 0) is 30.7 Å². The second kappa shape index (κ2) is 9.66. The van der Waals surface area contributed by atoms with E-state index in [0.29, 0.717) is 37.4 Å². The summed E-state index contributed by atoms with van der Waals surface area (Å²) in [4.78, 5) is 40.4. The highest BCUT2D eigenvalue weighted by atomic mass is 16.2. The van der Waals surface area contributed by atoms with Crippen LogP contribution in [0.2, 0.25) is 0 Å². The molecule has 0 bridgehead atoms. The predicted octanol–water partition coefficient (Wildman–Crippen LogP) is 2.18. The first-order chi connectivity index (χ1) is 13.6. The molecule has 0 unspecified atom stereocenters. The van der Waals surface area contributed by atoms with Crippen LogP contribution in [0.3, 0.4) is 0 Å². The number of nitrogens with one attached hydrogen (secondary N) is 2. The van der Waals surface area contributed by atoms with Crippen molar-refractivity contribution in [1.82, 2.24) is 15.1 Å². The molecule has 0 saturated carbocycles. The van der Waals surface area contributed by atoms with E-state index < -0.39 is 6.03 Å². The number of carbonyl (C=O) groups is 3. The lowest BCUT2D eigenvalue weighted by Crippen LogP contribution is -2.43. The van der Waals surface area contributed by atoms with E-state index in [9.17, 15) is 14.4 Å². The Bertz CT molecular complexity index is 811. The molecule has 1 fully saturated rings. The molecule has 3 rings (SSSR count). The summed E-state index contributed by atoms with van der Waals surface area (Å²) in [5.41, 5.74) is 1.30. The Morgan fingerprint density at radius 3 is 2.21 bits per heavy atom. The second-order valence-corrected chi connectivity index (χ2v) is 6.66. The summed E-state index contributed by atoms with van der Waals surface area (Å²) in [6.07, 6.45) is 0.780. The van der Waals surface area contributed by atoms with Crippen molar-refractivity contribution in [3.63, 3.8) is 0 Å². The fourth-order valence-electron chi connectivity index (χ4n) is 3.15. The zero-order valence-electron chi connectivity index (χ0n) is 15.6. The number of anilines is 1. The number of benzene rings is 2. The van der Waals surface area contributed by atoms with Gasteiger partial charge in [-0.3, -0.25) is 19.8 Å². The van der Waals surface area contributed by atoms with E-state index in [1.54, 1.807) is 24.3 Å². The summed E-state index contributed by atoms with van der Waals surface area (Å²) in [7, 11) is 0. The average Bonchev–Trinajstić information content (AvgIpc) is 2.94. The van der Waals surface area contributed by atoms with Crippen molar-refractivity contribution in [2.75, 3.05) is 38.0 Å². The molecule has 0 aromatic heterocycles. The Morgan fingerprint density at radius 1 is 0.821 bits per heavy atom. The zero-order valence-corrected chi connectivity index (χ0v) is 15.6. The Hall–Kier alpha value is -3.19. The van der Waals surface area contributed by atoms with Gasteiger partial charge in [0.2, 0.25) is 5.91 Å². The minimum atomic E-state index is -0.549. The molecule has 1 aliphatic heterocycles. The molecular formula is C21H24N4O3. The summed E-state index contributed by atoms with van der Waals surface area (Å²) in [5, 5.41) is 4.97. The summed E-state index contributed by atoms with van der Waals surface area (Å²) in [5.74, 6) is -0.356. The van der Waals surface area contributed by atoms with Gasteiger partial charge in [0, 0.05) is 37.4 Å². The molecular weight excluding hydrogens is 356 g/mol. The highest BCUT2D eigenvalue weighted by Gasteiger charge is 2.21. The van der Waals surface area contributed by atoms with Gasteiger partial charge in [-0.25, -0.2) is 4.79 Å². The van der Waals surface area contributed by atoms with Gasteiger partial charge in [0.1, 0.15) is 0 Å². The van der Waals surface area contributed by atoms with Crippen molar-refractivity contribution in [3.05, 3.63) is 66.2 Å². The van der Waals surface area contributed by atoms with Crippen molar-refractivity contribution in [2.24, 2.45) is 0 Å². The molecule has 0 spiro atoms. The van der Waals surface area contributed by atoms with Crippen molar-refractivity contribution < 1.29 is 14.4 Å². The van der Waals surface area contributed by atoms with Crippen molar-refractivity contribution in [3.8, 4) is 0 Å². The van der Waals surface area contributed by atoms with E-state index in [4.69, 9.17) is 0 Å². The van der Waals surface area contributed by atoms with Crippen LogP contribution in [-0.2, 0) is 4.79 Å². The molecule has 2 aromatic rings. The monoisotopic (exact) mass is 380 g/mol. The third-order valence-corrected chi connectivity index (χ3v) is 4.55. The highest BCUT2D eigenvalue weighted by Crippen LogP contribution is 2.09. The Labute approximate surface area is 164 Å². The maximum Gasteiger partial charge on any atom is 0.325 e. The fraction of sp³-hybridized carbons (Fsp3) is 0.286. The van der Waals surface area contributed by atoms with Crippen molar-refractivity contribution in [2.45, 2.75) is 6.42 Å². The summed E-state index contributed by atoms with van der Waals surface area (Å²) in [6.45, 7) is 2.62. The van der Waals surface area contributed by atoms with E-state index in [1.807, 2.05) is 46.2 Å². The van der Waals surface area contributed by atoms with Crippen LogP contribution in [0, 0.1) is 0 Å². The van der Waals surface area contributed by atoms with Gasteiger partial charge in [-0.15, -0.1) is 0 Å². The van der Waals surface area contributed by atoms with Gasteiger partial charge in [0.05, 0.1) is 6.54 Å². The van der Waals surface area contributed by atoms with Crippen LogP contribution >= 0.6 is 0 Å². The number of imide groups is 1. The minimum Gasteiger partial charge on any atom is -0.337 e. The molecule has 2 aromatic carbocycles. The van der Waals surface area contributed by atoms with E-state index in [2.05, 4.69) is 10.6 Å². The van der Waals surface area contributed by atoms with Crippen LogP contribution in [0.25, 0.3) is 0 Å². The molecule has 0 atom stereocenters. The molecule has 1 heterocycles. The van der Waals surface area contributed by atoms with E-state index >= 15 is 0 Å². The van der Waals surface area contributed by atoms with Crippen molar-refractivity contribution >= 4 is 23.5 Å². The summed E-state index contributed by atoms with van der Waals surface area (Å²) < 4.78 is 0. The Morgan fingerprint density at radius 2 is 1.50 bits per heavy atom. The van der Waals surface area contributed by atoms with Gasteiger partial charge in [-0.1, -0.05) is 36.4 Å². The fourth-order valence-corrected chi connectivity index (χ4v) is 3.15. The molecule has 4 amide bonds. The standard InChI is InChI=1S/C21H24N4O3/c26-19(23-21(28)22-18-10-5-2-6-11-18)16-24-12-7-13-25(15-14-24)20(27)17-8-3-1-4-9-17/h1-6,8-11H,7,12-16H2,(H2,22,23,26,28). The van der Waals surface area contributed by atoms with Crippen molar-refractivity contribution in [1.29, 1.82) is 0 Å². The largest absolute Gasteiger partial charge is 0.337 e. The summed E-state index contributed by atoms with van der Waals surface area (Å²) in [6, 6.07) is 17.6. The van der Waals surface area contributed by atoms with E-state index in [-0.39, 0.29) is 18.4 Å². The lowest BCUT2D eigenvalue weighted by atomic mass is 10.2. The van der Waals surface area contributed by atoms with Crippen LogP contribution in [0.5, 0.6) is 0 Å². The van der Waals surface area contributed by atoms with Crippen LogP contribution < -0.4 is 10.6 Å². The number of amides is 4. The number of rotatable bonds is 4. The first-order valence-electron chi connectivity index (χ1n) is 9.34. The maximum absolute atomic E-state index is 12.6. The molecule has 7 heteroatoms. The van der Waals surface area contributed by atoms with Crippen LogP contribution in [-0.4, -0.2) is 60.4 Å². The van der Waals surface area contributed by atoms with Gasteiger partial charge in [0.15, 0.2) is 0 Å². The van der Waals surface area contributed by atoms with Gasteiger partial charge >= 0.3 is 6.03 Å². The number of nitrogens with zero attached hydrogens (tertiary/aromatic N) is 2. The minimum absolute atomic E-state index is 0.00846. The summed E-state index contributed by atoms with van der Waals surface area (Å²) >= 11 is 0. The molecule has 0 aliphatic carbocycles. The van der Waals surface area contributed by atoms with Gasteiger partial charge in [0.25, 0.3) is 5.91 Å². The van der Waals surface area contributed by atoms with Crippen LogP contribution in [0.1, 0.15) is 16.8 Å². The zero-order chi connectivity index (χ0) is 19.8. The normalized spacial score (nSPS) is 14.8. The third-order valence-electron chi connectivity index (χ3n) is 4.55. The number of urea groups is 1. The number of hydrogen-bond acceptors (Lipinski definition) is 4. The SMILES string of the molecule is O=C(CN1CCCN(C(=O)c2ccccc2)CC1)NC(=O)Nc1ccccc1. The number of hydrogen-bond donors (Lipinski definition) is 2.